The third kappa shape index (κ3) is 2.34. The summed E-state index contributed by atoms with van der Waals surface area (Å²) in [7, 11) is 0. The lowest BCUT2D eigenvalue weighted by Gasteiger charge is -2.43. The number of aromatic nitrogens is 2. The molecular weight excluding hydrogens is 378 g/mol. The number of hydrogen-bond acceptors (Lipinski definition) is 4. The molecule has 3 aromatic rings. The lowest BCUT2D eigenvalue weighted by atomic mass is 9.78. The summed E-state index contributed by atoms with van der Waals surface area (Å²) in [5.41, 5.74) is 2.59. The maximum Gasteiger partial charge on any atom is 0.353 e. The Morgan fingerprint density at radius 3 is 2.82 bits per heavy atom. The standard InChI is InChI=1S/C21H18ClN3O3/c1-2-11-3-5-12(6-4-11)18-17-19(25-24-18)23-15-10-21(17,20(26)27)28-16-8-7-13(22)9-14(15)16/h3-9,15H,2,10H2,1H3,(H,26,27)(H2,23,24,25). The van der Waals surface area contributed by atoms with E-state index in [9.17, 15) is 9.90 Å². The van der Waals surface area contributed by atoms with E-state index in [1.54, 1.807) is 12.1 Å². The molecule has 2 atom stereocenters. The van der Waals surface area contributed by atoms with E-state index in [2.05, 4.69) is 22.4 Å². The molecule has 28 heavy (non-hydrogen) atoms. The van der Waals surface area contributed by atoms with Gasteiger partial charge in [0.25, 0.3) is 0 Å². The van der Waals surface area contributed by atoms with Crippen molar-refractivity contribution in [3.05, 3.63) is 64.2 Å². The molecule has 3 heterocycles. The second-order valence-electron chi connectivity index (χ2n) is 7.19. The lowest BCUT2D eigenvalue weighted by Crippen LogP contribution is -2.49. The van der Waals surface area contributed by atoms with E-state index in [1.807, 2.05) is 30.3 Å². The molecule has 5 rings (SSSR count). The van der Waals surface area contributed by atoms with Gasteiger partial charge >= 0.3 is 5.97 Å². The number of anilines is 1. The summed E-state index contributed by atoms with van der Waals surface area (Å²) >= 11 is 6.14. The van der Waals surface area contributed by atoms with Crippen LogP contribution in [0.2, 0.25) is 5.02 Å². The zero-order valence-corrected chi connectivity index (χ0v) is 15.9. The first-order valence-corrected chi connectivity index (χ1v) is 9.56. The topological polar surface area (TPSA) is 87.2 Å². The van der Waals surface area contributed by atoms with Crippen LogP contribution in [-0.2, 0) is 16.8 Å². The monoisotopic (exact) mass is 395 g/mol. The van der Waals surface area contributed by atoms with Crippen molar-refractivity contribution in [1.82, 2.24) is 10.2 Å². The van der Waals surface area contributed by atoms with Crippen LogP contribution in [-0.4, -0.2) is 21.3 Å². The fourth-order valence-electron chi connectivity index (χ4n) is 4.15. The van der Waals surface area contributed by atoms with E-state index >= 15 is 0 Å². The van der Waals surface area contributed by atoms with Crippen LogP contribution in [0.15, 0.2) is 42.5 Å². The first kappa shape index (κ1) is 17.1. The summed E-state index contributed by atoms with van der Waals surface area (Å²) < 4.78 is 6.14. The highest BCUT2D eigenvalue weighted by atomic mass is 35.5. The van der Waals surface area contributed by atoms with E-state index in [1.165, 1.54) is 5.56 Å². The molecule has 2 aliphatic heterocycles. The number of aryl methyl sites for hydroxylation is 1. The van der Waals surface area contributed by atoms with Crippen LogP contribution in [0.3, 0.4) is 0 Å². The summed E-state index contributed by atoms with van der Waals surface area (Å²) in [6.07, 6.45) is 1.19. The summed E-state index contributed by atoms with van der Waals surface area (Å²) in [5.74, 6) is -0.0118. The molecule has 0 saturated heterocycles. The molecule has 0 saturated carbocycles. The minimum absolute atomic E-state index is 0.246. The third-order valence-corrected chi connectivity index (χ3v) is 5.84. The zero-order chi connectivity index (χ0) is 19.5. The molecule has 142 valence electrons. The van der Waals surface area contributed by atoms with Gasteiger partial charge in [-0.05, 0) is 30.2 Å². The van der Waals surface area contributed by atoms with Crippen LogP contribution >= 0.6 is 11.6 Å². The Kier molecular flexibility index (Phi) is 3.67. The predicted octanol–water partition coefficient (Wildman–Crippen LogP) is 4.52. The summed E-state index contributed by atoms with van der Waals surface area (Å²) in [5, 5.41) is 21.5. The summed E-state index contributed by atoms with van der Waals surface area (Å²) in [6, 6.07) is 13.0. The van der Waals surface area contributed by atoms with Crippen LogP contribution in [0, 0.1) is 0 Å². The number of H-pyrrole nitrogens is 1. The van der Waals surface area contributed by atoms with Gasteiger partial charge in [0.15, 0.2) is 5.82 Å². The van der Waals surface area contributed by atoms with Gasteiger partial charge in [0, 0.05) is 22.6 Å². The van der Waals surface area contributed by atoms with Crippen molar-refractivity contribution in [1.29, 1.82) is 0 Å². The van der Waals surface area contributed by atoms with Gasteiger partial charge in [-0.3, -0.25) is 5.10 Å². The molecule has 0 spiro atoms. The number of nitrogens with one attached hydrogen (secondary N) is 2. The smallest absolute Gasteiger partial charge is 0.353 e. The van der Waals surface area contributed by atoms with E-state index in [0.29, 0.717) is 27.8 Å². The number of benzene rings is 2. The van der Waals surface area contributed by atoms with Gasteiger partial charge in [-0.1, -0.05) is 42.8 Å². The van der Waals surface area contributed by atoms with Crippen molar-refractivity contribution < 1.29 is 14.6 Å². The number of aliphatic carboxylic acids is 1. The van der Waals surface area contributed by atoms with Gasteiger partial charge in [0.05, 0.1) is 17.3 Å². The number of aromatic amines is 1. The van der Waals surface area contributed by atoms with Crippen LogP contribution in [0.1, 0.15) is 36.1 Å². The highest BCUT2D eigenvalue weighted by molar-refractivity contribution is 6.30. The van der Waals surface area contributed by atoms with Crippen molar-refractivity contribution in [2.45, 2.75) is 31.4 Å². The number of carboxylic acid groups (broad SMARTS) is 1. The number of carboxylic acids is 1. The van der Waals surface area contributed by atoms with Crippen molar-refractivity contribution in [3.63, 3.8) is 0 Å². The molecule has 0 fully saturated rings. The highest BCUT2D eigenvalue weighted by Crippen LogP contribution is 2.53. The lowest BCUT2D eigenvalue weighted by molar-refractivity contribution is -0.159. The van der Waals surface area contributed by atoms with E-state index in [-0.39, 0.29) is 12.5 Å². The number of hydrogen-bond donors (Lipinski definition) is 3. The van der Waals surface area contributed by atoms with Crippen molar-refractivity contribution >= 4 is 23.4 Å². The molecule has 0 aliphatic carbocycles. The van der Waals surface area contributed by atoms with Crippen molar-refractivity contribution in [3.8, 4) is 17.0 Å². The van der Waals surface area contributed by atoms with Gasteiger partial charge < -0.3 is 15.2 Å². The second kappa shape index (κ2) is 6.01. The minimum atomic E-state index is -1.52. The third-order valence-electron chi connectivity index (χ3n) is 5.60. The van der Waals surface area contributed by atoms with Crippen LogP contribution in [0.5, 0.6) is 5.75 Å². The number of carbonyl (C=O) groups is 1. The molecule has 0 radical (unpaired) electrons. The van der Waals surface area contributed by atoms with Crippen LogP contribution in [0.4, 0.5) is 5.82 Å². The molecule has 2 aromatic carbocycles. The quantitative estimate of drug-likeness (QED) is 0.606. The molecule has 3 N–H and O–H groups in total. The number of fused-ring (bicyclic) bond motifs is 6. The Morgan fingerprint density at radius 2 is 2.11 bits per heavy atom. The van der Waals surface area contributed by atoms with E-state index in [0.717, 1.165) is 17.5 Å². The van der Waals surface area contributed by atoms with E-state index in [4.69, 9.17) is 16.3 Å². The zero-order valence-electron chi connectivity index (χ0n) is 15.1. The fraction of sp³-hybridized carbons (Fsp3) is 0.238. The minimum Gasteiger partial charge on any atom is -0.478 e. The Labute approximate surface area is 166 Å². The maximum absolute atomic E-state index is 12.5. The van der Waals surface area contributed by atoms with Gasteiger partial charge in [-0.15, -0.1) is 0 Å². The Bertz CT molecular complexity index is 1090. The van der Waals surface area contributed by atoms with Crippen molar-refractivity contribution in [2.24, 2.45) is 0 Å². The van der Waals surface area contributed by atoms with Crippen molar-refractivity contribution in [2.75, 3.05) is 5.32 Å². The van der Waals surface area contributed by atoms with Crippen LogP contribution < -0.4 is 10.1 Å². The molecule has 2 bridgehead atoms. The molecular formula is C21H18ClN3O3. The van der Waals surface area contributed by atoms with Gasteiger partial charge in [0.1, 0.15) is 5.75 Å². The normalized spacial score (nSPS) is 21.9. The molecule has 2 aliphatic rings. The molecule has 6 nitrogen and oxygen atoms in total. The van der Waals surface area contributed by atoms with Gasteiger partial charge in [-0.25, -0.2) is 4.79 Å². The van der Waals surface area contributed by atoms with Gasteiger partial charge in [-0.2, -0.15) is 5.10 Å². The predicted molar refractivity (Wildman–Crippen MR) is 106 cm³/mol. The number of nitrogens with zero attached hydrogens (tertiary/aromatic N) is 1. The molecule has 7 heteroatoms. The van der Waals surface area contributed by atoms with Crippen LogP contribution in [0.25, 0.3) is 11.3 Å². The Balaban J connectivity index is 1.69. The summed E-state index contributed by atoms with van der Waals surface area (Å²) in [6.45, 7) is 2.09. The average Bonchev–Trinajstić information content (AvgIpc) is 3.13. The molecule has 0 amide bonds. The highest BCUT2D eigenvalue weighted by Gasteiger charge is 2.55. The molecule has 2 unspecified atom stereocenters. The number of rotatable bonds is 3. The first-order chi connectivity index (χ1) is 13.5. The molecule has 1 aromatic heterocycles. The van der Waals surface area contributed by atoms with Gasteiger partial charge in [0.2, 0.25) is 5.60 Å². The van der Waals surface area contributed by atoms with E-state index < -0.39 is 11.6 Å². The second-order valence-corrected chi connectivity index (χ2v) is 7.63. The average molecular weight is 396 g/mol. The summed E-state index contributed by atoms with van der Waals surface area (Å²) in [4.78, 5) is 12.5. The maximum atomic E-state index is 12.5. The SMILES string of the molecule is CCc1ccc(-c2[nH]nc3c2C2(C(=O)O)CC(N3)c3cc(Cl)ccc3O2)cc1. The first-order valence-electron chi connectivity index (χ1n) is 9.18. The fourth-order valence-corrected chi connectivity index (χ4v) is 4.33. The number of halogens is 1. The Morgan fingerprint density at radius 1 is 1.32 bits per heavy atom. The Hall–Kier alpha value is -2.99. The number of ether oxygens (including phenoxy) is 1. The largest absolute Gasteiger partial charge is 0.478 e.